The lowest BCUT2D eigenvalue weighted by Gasteiger charge is -2.39. The van der Waals surface area contributed by atoms with Crippen LogP contribution in [-0.4, -0.2) is 77.9 Å². The first-order valence-corrected chi connectivity index (χ1v) is 15.0. The summed E-state index contributed by atoms with van der Waals surface area (Å²) in [6.07, 6.45) is 6.11. The molecule has 5 rings (SSSR count). The minimum Gasteiger partial charge on any atom is -0.394 e. The van der Waals surface area contributed by atoms with Crippen LogP contribution >= 0.6 is 23.2 Å². The number of nitrogens with zero attached hydrogens (tertiary/aromatic N) is 2. The van der Waals surface area contributed by atoms with E-state index in [0.29, 0.717) is 48.4 Å². The number of amides is 1. The number of ether oxygens (including phenoxy) is 1. The fourth-order valence-corrected chi connectivity index (χ4v) is 5.92. The quantitative estimate of drug-likeness (QED) is 0.248. The number of hydrogen-bond acceptors (Lipinski definition) is 7. The van der Waals surface area contributed by atoms with Gasteiger partial charge in [-0.05, 0) is 86.9 Å². The van der Waals surface area contributed by atoms with Gasteiger partial charge in [0.2, 0.25) is 0 Å². The molecule has 0 unspecified atom stereocenters. The number of aryl methyl sites for hydroxylation is 1. The molecule has 0 atom stereocenters. The maximum Gasteiger partial charge on any atom is 0.259 e. The summed E-state index contributed by atoms with van der Waals surface area (Å²) in [6.45, 7) is 1.22. The van der Waals surface area contributed by atoms with Gasteiger partial charge in [-0.15, -0.1) is 0 Å². The van der Waals surface area contributed by atoms with E-state index < -0.39 is 11.1 Å². The maximum absolute atomic E-state index is 13.7. The minimum atomic E-state index is -1.07. The number of carbonyl (C=O) groups excluding carboxylic acids is 1. The highest BCUT2D eigenvalue weighted by Crippen LogP contribution is 2.46. The van der Waals surface area contributed by atoms with Crippen LogP contribution in [0.15, 0.2) is 36.4 Å². The molecule has 2 fully saturated rings. The molecule has 0 aromatic heterocycles. The predicted octanol–water partition coefficient (Wildman–Crippen LogP) is 3.69. The van der Waals surface area contributed by atoms with E-state index in [2.05, 4.69) is 16.3 Å². The van der Waals surface area contributed by atoms with Crippen molar-refractivity contribution in [2.75, 3.05) is 49.3 Å². The van der Waals surface area contributed by atoms with E-state index in [4.69, 9.17) is 27.9 Å². The van der Waals surface area contributed by atoms with Gasteiger partial charge >= 0.3 is 0 Å². The van der Waals surface area contributed by atoms with Gasteiger partial charge in [0.15, 0.2) is 0 Å². The lowest BCUT2D eigenvalue weighted by molar-refractivity contribution is -0.133. The summed E-state index contributed by atoms with van der Waals surface area (Å²) in [5, 5.41) is 32.5. The highest BCUT2D eigenvalue weighted by atomic mass is 35.5. The molecule has 0 saturated heterocycles. The number of halogens is 2. The minimum absolute atomic E-state index is 0.0236. The van der Waals surface area contributed by atoms with Crippen LogP contribution < -0.4 is 15.1 Å². The molecule has 8 nitrogen and oxygen atoms in total. The van der Waals surface area contributed by atoms with Crippen molar-refractivity contribution in [3.8, 4) is 0 Å². The van der Waals surface area contributed by atoms with Crippen LogP contribution in [0.1, 0.15) is 49.7 Å². The van der Waals surface area contributed by atoms with Crippen LogP contribution in [0.2, 0.25) is 10.0 Å². The fraction of sp³-hybridized carbons (Fsp3) is 0.567. The van der Waals surface area contributed by atoms with Gasteiger partial charge < -0.3 is 35.2 Å². The number of carbonyl (C=O) groups is 1. The molecule has 2 aromatic carbocycles. The third-order valence-electron chi connectivity index (χ3n) is 8.37. The second-order valence-corrected chi connectivity index (χ2v) is 12.1. The fourth-order valence-electron chi connectivity index (χ4n) is 5.40. The van der Waals surface area contributed by atoms with Crippen LogP contribution in [0.4, 0.5) is 11.4 Å². The summed E-state index contributed by atoms with van der Waals surface area (Å²) in [7, 11) is 0. The molecule has 2 saturated carbocycles. The number of rotatable bonds is 14. The average molecular weight is 593 g/mol. The molecule has 0 bridgehead atoms. The lowest BCUT2D eigenvalue weighted by Crippen LogP contribution is -2.55. The topological polar surface area (TPSA) is 106 Å². The van der Waals surface area contributed by atoms with Crippen molar-refractivity contribution in [3.05, 3.63) is 57.6 Å². The Morgan fingerprint density at radius 2 is 1.62 bits per heavy atom. The molecule has 2 aliphatic carbocycles. The molecule has 10 heteroatoms. The zero-order valence-corrected chi connectivity index (χ0v) is 24.3. The predicted molar refractivity (Wildman–Crippen MR) is 157 cm³/mol. The van der Waals surface area contributed by atoms with Crippen LogP contribution in [0.25, 0.3) is 0 Å². The van der Waals surface area contributed by atoms with Crippen LogP contribution in [-0.2, 0) is 22.6 Å². The molecule has 0 radical (unpaired) electrons. The summed E-state index contributed by atoms with van der Waals surface area (Å²) in [5.41, 5.74) is 1.90. The van der Waals surface area contributed by atoms with E-state index in [0.717, 1.165) is 41.9 Å². The van der Waals surface area contributed by atoms with Crippen LogP contribution in [0.5, 0.6) is 0 Å². The highest BCUT2D eigenvalue weighted by Gasteiger charge is 2.54. The number of para-hydroxylation sites is 2. The Hall–Kier alpha value is -1.91. The van der Waals surface area contributed by atoms with Crippen LogP contribution in [0, 0.1) is 0 Å². The Balaban J connectivity index is 1.16. The van der Waals surface area contributed by atoms with Gasteiger partial charge in [-0.2, -0.15) is 0 Å². The Morgan fingerprint density at radius 1 is 0.975 bits per heavy atom. The number of anilines is 2. The SMILES string of the molecule is O=C(N1CCN(C2CC2)c2ccccc21)C1(OCc2cc(Cl)c(CCCCNC(CO)(CO)CO)cc2Cl)CC1. The van der Waals surface area contributed by atoms with Gasteiger partial charge in [-0.1, -0.05) is 35.3 Å². The molecule has 1 aliphatic heterocycles. The Morgan fingerprint density at radius 3 is 2.27 bits per heavy atom. The number of benzene rings is 2. The Kier molecular flexibility index (Phi) is 9.27. The average Bonchev–Trinajstić information content (AvgIpc) is 3.91. The van der Waals surface area contributed by atoms with Crippen molar-refractivity contribution in [2.24, 2.45) is 0 Å². The zero-order valence-electron chi connectivity index (χ0n) is 22.7. The summed E-state index contributed by atoms with van der Waals surface area (Å²) in [5.74, 6) is 0.0236. The molecular weight excluding hydrogens is 553 g/mol. The zero-order chi connectivity index (χ0) is 28.3. The molecule has 2 aromatic rings. The number of nitrogens with one attached hydrogen (secondary N) is 1. The normalized spacial score (nSPS) is 18.1. The van der Waals surface area contributed by atoms with Gasteiger partial charge in [0.1, 0.15) is 5.60 Å². The second-order valence-electron chi connectivity index (χ2n) is 11.3. The highest BCUT2D eigenvalue weighted by molar-refractivity contribution is 6.34. The molecule has 218 valence electrons. The van der Waals surface area contributed by atoms with Gasteiger partial charge in [0.05, 0.1) is 43.3 Å². The standard InChI is InChI=1S/C30H39Cl2N3O5/c31-24-16-22(25(32)15-21(24)5-3-4-12-33-29(18-36,19-37)20-38)17-40-30(10-11-30)28(39)35-14-13-34(23-8-9-23)26-6-1-2-7-27(26)35/h1-2,6-7,15-16,23,33,36-38H,3-5,8-14,17-20H2. The molecule has 3 aliphatic rings. The van der Waals surface area contributed by atoms with Crippen molar-refractivity contribution < 1.29 is 24.9 Å². The third-order valence-corrected chi connectivity index (χ3v) is 9.08. The molecule has 4 N–H and O–H groups in total. The molecule has 40 heavy (non-hydrogen) atoms. The van der Waals surface area contributed by atoms with E-state index in [-0.39, 0.29) is 32.3 Å². The number of aliphatic hydroxyl groups excluding tert-OH is 3. The van der Waals surface area contributed by atoms with Gasteiger partial charge in [0.25, 0.3) is 5.91 Å². The van der Waals surface area contributed by atoms with E-state index in [1.54, 1.807) is 0 Å². The first kappa shape index (κ1) is 29.6. The number of aliphatic hydroxyl groups is 3. The third kappa shape index (κ3) is 6.28. The molecular formula is C30H39Cl2N3O5. The summed E-state index contributed by atoms with van der Waals surface area (Å²) in [6, 6.07) is 12.5. The molecule has 1 heterocycles. The van der Waals surface area contributed by atoms with E-state index in [1.165, 1.54) is 12.8 Å². The number of unbranched alkanes of at least 4 members (excludes halogenated alkanes) is 1. The number of hydrogen-bond donors (Lipinski definition) is 4. The van der Waals surface area contributed by atoms with Crippen molar-refractivity contribution in [1.29, 1.82) is 0 Å². The van der Waals surface area contributed by atoms with Crippen molar-refractivity contribution in [3.63, 3.8) is 0 Å². The summed E-state index contributed by atoms with van der Waals surface area (Å²) in [4.78, 5) is 18.1. The van der Waals surface area contributed by atoms with Gasteiger partial charge in [-0.25, -0.2) is 0 Å². The van der Waals surface area contributed by atoms with Gasteiger partial charge in [-0.3, -0.25) is 4.79 Å². The van der Waals surface area contributed by atoms with Crippen molar-refractivity contribution in [2.45, 2.75) is 68.7 Å². The monoisotopic (exact) mass is 591 g/mol. The first-order chi connectivity index (χ1) is 19.3. The maximum atomic E-state index is 13.7. The van der Waals surface area contributed by atoms with Crippen molar-refractivity contribution in [1.82, 2.24) is 5.32 Å². The number of fused-ring (bicyclic) bond motifs is 1. The smallest absolute Gasteiger partial charge is 0.259 e. The van der Waals surface area contributed by atoms with E-state index in [9.17, 15) is 20.1 Å². The van der Waals surface area contributed by atoms with E-state index >= 15 is 0 Å². The molecule has 1 amide bonds. The second kappa shape index (κ2) is 12.5. The largest absolute Gasteiger partial charge is 0.394 e. The summed E-state index contributed by atoms with van der Waals surface area (Å²) >= 11 is 13.2. The Bertz CT molecular complexity index is 1190. The first-order valence-electron chi connectivity index (χ1n) is 14.2. The summed E-state index contributed by atoms with van der Waals surface area (Å²) < 4.78 is 6.28. The lowest BCUT2D eigenvalue weighted by atomic mass is 10.0. The van der Waals surface area contributed by atoms with Gasteiger partial charge in [0, 0.05) is 29.2 Å². The van der Waals surface area contributed by atoms with E-state index in [1.807, 2.05) is 35.2 Å². The Labute approximate surface area is 245 Å². The van der Waals surface area contributed by atoms with Crippen LogP contribution in [0.3, 0.4) is 0 Å². The molecule has 0 spiro atoms. The van der Waals surface area contributed by atoms with Crippen molar-refractivity contribution >= 4 is 40.5 Å².